The number of hydrogen-bond acceptors (Lipinski definition) is 6. The number of thiazole rings is 1. The van der Waals surface area contributed by atoms with Gasteiger partial charge in [-0.1, -0.05) is 0 Å². The summed E-state index contributed by atoms with van der Waals surface area (Å²) in [6.07, 6.45) is 4.31. The van der Waals surface area contributed by atoms with E-state index in [4.69, 9.17) is 0 Å². The van der Waals surface area contributed by atoms with E-state index in [0.717, 1.165) is 39.4 Å². The number of aryl methyl sites for hydroxylation is 1. The highest BCUT2D eigenvalue weighted by Crippen LogP contribution is 2.28. The maximum atomic E-state index is 4.40. The molecule has 3 heterocycles. The summed E-state index contributed by atoms with van der Waals surface area (Å²) in [6, 6.07) is 0. The van der Waals surface area contributed by atoms with Crippen molar-refractivity contribution < 1.29 is 0 Å². The summed E-state index contributed by atoms with van der Waals surface area (Å²) in [4.78, 5) is 15.1. The molecule has 0 saturated carbocycles. The fourth-order valence-corrected chi connectivity index (χ4v) is 3.26. The Bertz CT molecular complexity index is 723. The number of aromatic nitrogens is 5. The van der Waals surface area contributed by atoms with E-state index in [9.17, 15) is 0 Å². The fraction of sp³-hybridized carbons (Fsp3) is 0.333. The van der Waals surface area contributed by atoms with Crippen molar-refractivity contribution in [3.8, 4) is 0 Å². The molecule has 0 fully saturated rings. The largest absolute Gasteiger partial charge is 0.359 e. The van der Waals surface area contributed by atoms with Crippen LogP contribution >= 0.6 is 27.3 Å². The predicted molar refractivity (Wildman–Crippen MR) is 83.1 cm³/mol. The average molecular weight is 353 g/mol. The standard InChI is InChI=1S/C12H13BrN6S/c1-18(5-3-8-14-4-6-20-8)11-9-10(13)17-19(2)12(9)16-7-15-11/h4,6-7H,3,5H2,1-2H3. The SMILES string of the molecule is CN(CCc1nccs1)c1ncnc2c1c(Br)nn2C. The van der Waals surface area contributed by atoms with Crippen molar-refractivity contribution in [3.63, 3.8) is 0 Å². The first-order valence-corrected chi connectivity index (χ1v) is 7.77. The number of nitrogens with zero attached hydrogens (tertiary/aromatic N) is 6. The second-order valence-electron chi connectivity index (χ2n) is 4.41. The number of anilines is 1. The third-order valence-corrected chi connectivity index (χ3v) is 4.46. The second-order valence-corrected chi connectivity index (χ2v) is 6.14. The lowest BCUT2D eigenvalue weighted by atomic mass is 10.3. The third-order valence-electron chi connectivity index (χ3n) is 3.06. The van der Waals surface area contributed by atoms with Crippen molar-refractivity contribution in [1.29, 1.82) is 0 Å². The van der Waals surface area contributed by atoms with Crippen LogP contribution in [-0.4, -0.2) is 38.3 Å². The van der Waals surface area contributed by atoms with Crippen LogP contribution in [0.2, 0.25) is 0 Å². The predicted octanol–water partition coefficient (Wildman–Crippen LogP) is 2.26. The summed E-state index contributed by atoms with van der Waals surface area (Å²) in [6.45, 7) is 0.848. The van der Waals surface area contributed by atoms with Gasteiger partial charge in [-0.15, -0.1) is 11.3 Å². The molecule has 0 aliphatic rings. The van der Waals surface area contributed by atoms with Crippen LogP contribution in [0.4, 0.5) is 5.82 Å². The monoisotopic (exact) mass is 352 g/mol. The van der Waals surface area contributed by atoms with Gasteiger partial charge in [0, 0.05) is 38.6 Å². The van der Waals surface area contributed by atoms with Gasteiger partial charge >= 0.3 is 0 Å². The van der Waals surface area contributed by atoms with Crippen molar-refractivity contribution in [2.75, 3.05) is 18.5 Å². The molecule has 6 nitrogen and oxygen atoms in total. The van der Waals surface area contributed by atoms with Gasteiger partial charge in [-0.2, -0.15) is 5.10 Å². The molecule has 0 radical (unpaired) electrons. The van der Waals surface area contributed by atoms with Crippen LogP contribution in [0.5, 0.6) is 0 Å². The van der Waals surface area contributed by atoms with Gasteiger partial charge in [-0.3, -0.25) is 0 Å². The molecule has 0 N–H and O–H groups in total. The molecule has 0 bridgehead atoms. The molecule has 104 valence electrons. The minimum atomic E-state index is 0.770. The molecule has 0 aromatic carbocycles. The quantitative estimate of drug-likeness (QED) is 0.720. The first kappa shape index (κ1) is 13.4. The van der Waals surface area contributed by atoms with E-state index in [1.54, 1.807) is 22.3 Å². The summed E-state index contributed by atoms with van der Waals surface area (Å²) in [5.74, 6) is 0.881. The molecular weight excluding hydrogens is 340 g/mol. The van der Waals surface area contributed by atoms with Gasteiger partial charge in [0.05, 0.1) is 10.4 Å². The van der Waals surface area contributed by atoms with Gasteiger partial charge in [0.1, 0.15) is 16.7 Å². The van der Waals surface area contributed by atoms with Crippen LogP contribution < -0.4 is 4.90 Å². The van der Waals surface area contributed by atoms with Gasteiger partial charge in [0.25, 0.3) is 0 Å². The first-order valence-electron chi connectivity index (χ1n) is 6.09. The van der Waals surface area contributed by atoms with Crippen LogP contribution in [0, 0.1) is 0 Å². The van der Waals surface area contributed by atoms with Crippen LogP contribution in [0.3, 0.4) is 0 Å². The number of halogens is 1. The van der Waals surface area contributed by atoms with Gasteiger partial charge in [0.15, 0.2) is 5.65 Å². The highest BCUT2D eigenvalue weighted by atomic mass is 79.9. The molecule has 3 rings (SSSR count). The van der Waals surface area contributed by atoms with Gasteiger partial charge < -0.3 is 4.90 Å². The summed E-state index contributed by atoms with van der Waals surface area (Å²) < 4.78 is 2.52. The zero-order valence-electron chi connectivity index (χ0n) is 11.1. The number of fused-ring (bicyclic) bond motifs is 1. The Balaban J connectivity index is 1.89. The van der Waals surface area contributed by atoms with E-state index >= 15 is 0 Å². The maximum Gasteiger partial charge on any atom is 0.164 e. The van der Waals surface area contributed by atoms with E-state index in [0.29, 0.717) is 0 Å². The Labute approximate surface area is 128 Å². The molecule has 0 atom stereocenters. The fourth-order valence-electron chi connectivity index (χ4n) is 2.06. The zero-order valence-corrected chi connectivity index (χ0v) is 13.5. The van der Waals surface area contributed by atoms with Gasteiger partial charge in [0.2, 0.25) is 0 Å². The van der Waals surface area contributed by atoms with Crippen molar-refractivity contribution in [3.05, 3.63) is 27.5 Å². The number of rotatable bonds is 4. The number of likely N-dealkylation sites (N-methyl/N-ethyl adjacent to an activating group) is 1. The minimum absolute atomic E-state index is 0.770. The Morgan fingerprint density at radius 1 is 1.35 bits per heavy atom. The molecule has 3 aromatic rings. The summed E-state index contributed by atoms with van der Waals surface area (Å²) in [5, 5.41) is 8.41. The Morgan fingerprint density at radius 3 is 2.95 bits per heavy atom. The normalized spacial score (nSPS) is 11.2. The van der Waals surface area contributed by atoms with E-state index < -0.39 is 0 Å². The molecule has 20 heavy (non-hydrogen) atoms. The van der Waals surface area contributed by atoms with Gasteiger partial charge in [-0.25, -0.2) is 19.6 Å². The molecule has 0 aliphatic carbocycles. The van der Waals surface area contributed by atoms with E-state index in [-0.39, 0.29) is 0 Å². The average Bonchev–Trinajstić information content (AvgIpc) is 3.05. The minimum Gasteiger partial charge on any atom is -0.359 e. The lowest BCUT2D eigenvalue weighted by Crippen LogP contribution is -2.21. The lowest BCUT2D eigenvalue weighted by molar-refractivity contribution is 0.777. The van der Waals surface area contributed by atoms with Crippen LogP contribution in [0.15, 0.2) is 22.5 Å². The molecular formula is C12H13BrN6S. The topological polar surface area (TPSA) is 59.7 Å². The van der Waals surface area contributed by atoms with Crippen molar-refractivity contribution in [2.24, 2.45) is 7.05 Å². The Morgan fingerprint density at radius 2 is 2.20 bits per heavy atom. The van der Waals surface area contributed by atoms with Crippen molar-refractivity contribution >= 4 is 44.1 Å². The van der Waals surface area contributed by atoms with E-state index in [2.05, 4.69) is 40.9 Å². The van der Waals surface area contributed by atoms with E-state index in [1.165, 1.54) is 0 Å². The Hall–Kier alpha value is -1.54. The summed E-state index contributed by atoms with van der Waals surface area (Å²) in [5.41, 5.74) is 0.822. The van der Waals surface area contributed by atoms with Gasteiger partial charge in [-0.05, 0) is 15.9 Å². The van der Waals surface area contributed by atoms with Crippen molar-refractivity contribution in [1.82, 2.24) is 24.7 Å². The summed E-state index contributed by atoms with van der Waals surface area (Å²) >= 11 is 5.15. The lowest BCUT2D eigenvalue weighted by Gasteiger charge is -2.17. The third kappa shape index (κ3) is 2.40. The molecule has 0 aliphatic heterocycles. The highest BCUT2D eigenvalue weighted by molar-refractivity contribution is 9.10. The number of hydrogen-bond donors (Lipinski definition) is 0. The Kier molecular flexibility index (Phi) is 3.66. The molecule has 0 spiro atoms. The maximum absolute atomic E-state index is 4.40. The van der Waals surface area contributed by atoms with E-state index in [1.807, 2.05) is 25.7 Å². The van der Waals surface area contributed by atoms with Crippen LogP contribution in [-0.2, 0) is 13.5 Å². The molecule has 3 aromatic heterocycles. The second kappa shape index (κ2) is 5.45. The molecule has 0 saturated heterocycles. The first-order chi connectivity index (χ1) is 9.66. The summed E-state index contributed by atoms with van der Waals surface area (Å²) in [7, 11) is 3.90. The highest BCUT2D eigenvalue weighted by Gasteiger charge is 2.16. The zero-order chi connectivity index (χ0) is 14.1. The smallest absolute Gasteiger partial charge is 0.164 e. The molecule has 0 amide bonds. The van der Waals surface area contributed by atoms with Crippen molar-refractivity contribution in [2.45, 2.75) is 6.42 Å². The molecule has 8 heteroatoms. The van der Waals surface area contributed by atoms with Crippen LogP contribution in [0.1, 0.15) is 5.01 Å². The molecule has 0 unspecified atom stereocenters. The van der Waals surface area contributed by atoms with Crippen LogP contribution in [0.25, 0.3) is 11.0 Å².